The van der Waals surface area contributed by atoms with Gasteiger partial charge in [0.15, 0.2) is 0 Å². The maximum absolute atomic E-state index is 10.3. The molecule has 2 nitrogen and oxygen atoms in total. The summed E-state index contributed by atoms with van der Waals surface area (Å²) >= 11 is 0. The second-order valence-electron chi connectivity index (χ2n) is 3.31. The predicted octanol–water partition coefficient (Wildman–Crippen LogP) is 2.84. The third-order valence-electron chi connectivity index (χ3n) is 2.17. The molecule has 0 aromatic rings. The maximum atomic E-state index is 10.3. The third-order valence-corrected chi connectivity index (χ3v) is 2.17. The first-order valence-electron chi connectivity index (χ1n) is 4.49. The van der Waals surface area contributed by atoms with Gasteiger partial charge in [-0.25, -0.2) is 4.79 Å². The van der Waals surface area contributed by atoms with Crippen LogP contribution in [0, 0.1) is 5.92 Å². The lowest BCUT2D eigenvalue weighted by atomic mass is 10.00. The molecule has 0 aliphatic heterocycles. The number of hydrogen-bond donors (Lipinski definition) is 1. The van der Waals surface area contributed by atoms with Crippen LogP contribution >= 0.6 is 0 Å². The van der Waals surface area contributed by atoms with Crippen LogP contribution in [0.1, 0.15) is 39.5 Å². The van der Waals surface area contributed by atoms with Gasteiger partial charge < -0.3 is 5.11 Å². The Morgan fingerprint density at radius 2 is 2.17 bits per heavy atom. The van der Waals surface area contributed by atoms with E-state index in [0.717, 1.165) is 12.8 Å². The van der Waals surface area contributed by atoms with Gasteiger partial charge in [0.1, 0.15) is 0 Å². The Balaban J connectivity index is 3.44. The Labute approximate surface area is 74.3 Å². The van der Waals surface area contributed by atoms with Crippen molar-refractivity contribution in [3.05, 3.63) is 12.2 Å². The van der Waals surface area contributed by atoms with Crippen molar-refractivity contribution in [2.75, 3.05) is 0 Å². The summed E-state index contributed by atoms with van der Waals surface area (Å²) in [5.41, 5.74) is 0.332. The molecule has 2 heteroatoms. The highest BCUT2D eigenvalue weighted by atomic mass is 16.4. The van der Waals surface area contributed by atoms with Crippen LogP contribution in [0.3, 0.4) is 0 Å². The third kappa shape index (κ3) is 4.94. The molecule has 0 aromatic heterocycles. The highest BCUT2D eigenvalue weighted by Gasteiger charge is 2.04. The van der Waals surface area contributed by atoms with E-state index < -0.39 is 5.97 Å². The van der Waals surface area contributed by atoms with Crippen molar-refractivity contribution in [1.82, 2.24) is 0 Å². The second kappa shape index (κ2) is 5.81. The Hall–Kier alpha value is -0.790. The van der Waals surface area contributed by atoms with Crippen molar-refractivity contribution in [3.8, 4) is 0 Å². The van der Waals surface area contributed by atoms with E-state index in [2.05, 4.69) is 20.4 Å². The van der Waals surface area contributed by atoms with Crippen LogP contribution in [-0.2, 0) is 4.79 Å². The fourth-order valence-electron chi connectivity index (χ4n) is 0.975. The van der Waals surface area contributed by atoms with Gasteiger partial charge in [0.2, 0.25) is 0 Å². The standard InChI is InChI=1S/C10H18O2/c1-4-8(2)6-5-7-9(3)10(11)12/h8H,3-7H2,1-2H3,(H,11,12). The van der Waals surface area contributed by atoms with Crippen LogP contribution in [0.2, 0.25) is 0 Å². The molecule has 1 unspecified atom stereocenters. The SMILES string of the molecule is C=C(CCCC(C)CC)C(=O)O. The number of aliphatic carboxylic acids is 1. The first-order valence-corrected chi connectivity index (χ1v) is 4.49. The molecule has 0 aromatic carbocycles. The summed E-state index contributed by atoms with van der Waals surface area (Å²) < 4.78 is 0. The Kier molecular flexibility index (Phi) is 5.43. The van der Waals surface area contributed by atoms with Gasteiger partial charge in [-0.3, -0.25) is 0 Å². The highest BCUT2D eigenvalue weighted by Crippen LogP contribution is 2.13. The van der Waals surface area contributed by atoms with Gasteiger partial charge in [0.25, 0.3) is 0 Å². The van der Waals surface area contributed by atoms with Crippen LogP contribution in [0.25, 0.3) is 0 Å². The maximum Gasteiger partial charge on any atom is 0.330 e. The lowest BCUT2D eigenvalue weighted by molar-refractivity contribution is -0.132. The molecule has 0 saturated carbocycles. The van der Waals surface area contributed by atoms with E-state index in [1.165, 1.54) is 6.42 Å². The van der Waals surface area contributed by atoms with E-state index in [0.29, 0.717) is 17.9 Å². The molecule has 0 fully saturated rings. The average molecular weight is 170 g/mol. The Morgan fingerprint density at radius 1 is 1.58 bits per heavy atom. The van der Waals surface area contributed by atoms with Crippen molar-refractivity contribution < 1.29 is 9.90 Å². The molecular weight excluding hydrogens is 152 g/mol. The molecule has 0 radical (unpaired) electrons. The fourth-order valence-corrected chi connectivity index (χ4v) is 0.975. The zero-order valence-electron chi connectivity index (χ0n) is 7.97. The molecule has 0 aliphatic rings. The van der Waals surface area contributed by atoms with Crippen molar-refractivity contribution in [2.24, 2.45) is 5.92 Å². The van der Waals surface area contributed by atoms with Crippen molar-refractivity contribution in [2.45, 2.75) is 39.5 Å². The molecule has 1 N–H and O–H groups in total. The molecule has 12 heavy (non-hydrogen) atoms. The quantitative estimate of drug-likeness (QED) is 0.622. The zero-order valence-corrected chi connectivity index (χ0v) is 7.97. The van der Waals surface area contributed by atoms with Crippen LogP contribution in [0.4, 0.5) is 0 Å². The van der Waals surface area contributed by atoms with Gasteiger partial charge in [-0.15, -0.1) is 0 Å². The molecule has 0 amide bonds. The Bertz CT molecular complexity index is 161. The number of carboxylic acid groups (broad SMARTS) is 1. The van der Waals surface area contributed by atoms with Crippen molar-refractivity contribution in [3.63, 3.8) is 0 Å². The summed E-state index contributed by atoms with van der Waals surface area (Å²) in [5, 5.41) is 8.50. The van der Waals surface area contributed by atoms with Crippen LogP contribution < -0.4 is 0 Å². The number of hydrogen-bond acceptors (Lipinski definition) is 1. The zero-order chi connectivity index (χ0) is 9.56. The van der Waals surface area contributed by atoms with E-state index in [1.54, 1.807) is 0 Å². The number of carbonyl (C=O) groups is 1. The summed E-state index contributed by atoms with van der Waals surface area (Å²) in [4.78, 5) is 10.3. The lowest BCUT2D eigenvalue weighted by Gasteiger charge is -2.06. The molecular formula is C10H18O2. The van der Waals surface area contributed by atoms with Gasteiger partial charge in [-0.05, 0) is 18.8 Å². The minimum Gasteiger partial charge on any atom is -0.478 e. The fraction of sp³-hybridized carbons (Fsp3) is 0.700. The average Bonchev–Trinajstić information content (AvgIpc) is 2.03. The van der Waals surface area contributed by atoms with Crippen LogP contribution in [-0.4, -0.2) is 11.1 Å². The summed E-state index contributed by atoms with van der Waals surface area (Å²) in [6.45, 7) is 7.81. The molecule has 0 heterocycles. The van der Waals surface area contributed by atoms with E-state index in [9.17, 15) is 4.79 Å². The molecule has 0 saturated heterocycles. The minimum atomic E-state index is -0.862. The van der Waals surface area contributed by atoms with Crippen LogP contribution in [0.5, 0.6) is 0 Å². The largest absolute Gasteiger partial charge is 0.478 e. The van der Waals surface area contributed by atoms with E-state index >= 15 is 0 Å². The number of rotatable bonds is 6. The van der Waals surface area contributed by atoms with Crippen molar-refractivity contribution in [1.29, 1.82) is 0 Å². The molecule has 0 rings (SSSR count). The first-order chi connectivity index (χ1) is 5.57. The summed E-state index contributed by atoms with van der Waals surface area (Å²) in [7, 11) is 0. The normalized spacial score (nSPS) is 12.5. The summed E-state index contributed by atoms with van der Waals surface area (Å²) in [6.07, 6.45) is 3.84. The predicted molar refractivity (Wildman–Crippen MR) is 50.1 cm³/mol. The van der Waals surface area contributed by atoms with E-state index in [4.69, 9.17) is 5.11 Å². The highest BCUT2D eigenvalue weighted by molar-refractivity contribution is 5.85. The number of carboxylic acids is 1. The van der Waals surface area contributed by atoms with Gasteiger partial charge >= 0.3 is 5.97 Å². The first kappa shape index (κ1) is 11.2. The molecule has 0 spiro atoms. The summed E-state index contributed by atoms with van der Waals surface area (Å²) in [5.74, 6) is -0.161. The van der Waals surface area contributed by atoms with Crippen LogP contribution in [0.15, 0.2) is 12.2 Å². The van der Waals surface area contributed by atoms with Gasteiger partial charge in [-0.1, -0.05) is 33.3 Å². The lowest BCUT2D eigenvalue weighted by Crippen LogP contribution is -2.00. The Morgan fingerprint density at radius 3 is 2.58 bits per heavy atom. The monoisotopic (exact) mass is 170 g/mol. The smallest absolute Gasteiger partial charge is 0.330 e. The summed E-state index contributed by atoms with van der Waals surface area (Å²) in [6, 6.07) is 0. The second-order valence-corrected chi connectivity index (χ2v) is 3.31. The van der Waals surface area contributed by atoms with Crippen molar-refractivity contribution >= 4 is 5.97 Å². The van der Waals surface area contributed by atoms with Gasteiger partial charge in [0.05, 0.1) is 0 Å². The van der Waals surface area contributed by atoms with E-state index in [1.807, 2.05) is 0 Å². The molecule has 1 atom stereocenters. The topological polar surface area (TPSA) is 37.3 Å². The molecule has 0 bridgehead atoms. The minimum absolute atomic E-state index is 0.332. The molecule has 70 valence electrons. The van der Waals surface area contributed by atoms with E-state index in [-0.39, 0.29) is 0 Å². The molecule has 0 aliphatic carbocycles. The van der Waals surface area contributed by atoms with Gasteiger partial charge in [0, 0.05) is 5.57 Å². The van der Waals surface area contributed by atoms with Gasteiger partial charge in [-0.2, -0.15) is 0 Å².